The standard InChI is InChI=1S/C18H21N3O4/c1-9-5-4-6-10(7-9)19-13-11-8-12(14(13)19)16-15(11)20(17(22)24-2)21(16)18(23)25-3/h4-7,11-16H,8H2,1-3H3/t11-,12+,13+,14-,15-,16+,19?. The Balaban J connectivity index is 1.45. The number of ether oxygens (including phenoxy) is 2. The molecule has 4 fully saturated rings. The maximum Gasteiger partial charge on any atom is 0.429 e. The molecule has 2 bridgehead atoms. The van der Waals surface area contributed by atoms with Crippen LogP contribution in [0.3, 0.4) is 0 Å². The van der Waals surface area contributed by atoms with Crippen LogP contribution in [0.15, 0.2) is 24.3 Å². The number of carbonyl (C=O) groups excluding carboxylic acids is 2. The van der Waals surface area contributed by atoms with Gasteiger partial charge in [0.2, 0.25) is 0 Å². The van der Waals surface area contributed by atoms with Crippen LogP contribution in [-0.4, -0.2) is 60.6 Å². The number of anilines is 1. The molecular formula is C18H21N3O4. The van der Waals surface area contributed by atoms with E-state index in [0.717, 1.165) is 6.42 Å². The Bertz CT molecular complexity index is 728. The van der Waals surface area contributed by atoms with E-state index >= 15 is 0 Å². The third kappa shape index (κ3) is 1.70. The summed E-state index contributed by atoms with van der Waals surface area (Å²) in [4.78, 5) is 26.9. The fourth-order valence-corrected chi connectivity index (χ4v) is 5.58. The van der Waals surface area contributed by atoms with Crippen LogP contribution >= 0.6 is 0 Å². The molecule has 2 heterocycles. The van der Waals surface area contributed by atoms with Crippen molar-refractivity contribution in [1.29, 1.82) is 0 Å². The van der Waals surface area contributed by atoms with E-state index in [1.165, 1.54) is 35.5 Å². The Hall–Kier alpha value is -2.44. The van der Waals surface area contributed by atoms with Gasteiger partial charge in [0.25, 0.3) is 0 Å². The smallest absolute Gasteiger partial charge is 0.429 e. The van der Waals surface area contributed by atoms with Gasteiger partial charge in [0, 0.05) is 17.5 Å². The molecule has 1 aromatic carbocycles. The highest BCUT2D eigenvalue weighted by Crippen LogP contribution is 2.65. The number of methoxy groups -OCH3 is 2. The second-order valence-corrected chi connectivity index (χ2v) is 7.40. The molecule has 2 aliphatic carbocycles. The van der Waals surface area contributed by atoms with Crippen LogP contribution in [0.1, 0.15) is 12.0 Å². The van der Waals surface area contributed by atoms with Crippen molar-refractivity contribution in [1.82, 2.24) is 10.0 Å². The number of piperidine rings is 1. The molecule has 0 spiro atoms. The summed E-state index contributed by atoms with van der Waals surface area (Å²) in [6.45, 7) is 2.10. The summed E-state index contributed by atoms with van der Waals surface area (Å²) in [6, 6.07) is 9.51. The minimum absolute atomic E-state index is 0.0348. The van der Waals surface area contributed by atoms with Gasteiger partial charge in [0.15, 0.2) is 0 Å². The summed E-state index contributed by atoms with van der Waals surface area (Å²) >= 11 is 0. The minimum Gasteiger partial charge on any atom is -0.452 e. The van der Waals surface area contributed by atoms with Gasteiger partial charge in [-0.15, -0.1) is 0 Å². The maximum atomic E-state index is 12.2. The lowest BCUT2D eigenvalue weighted by atomic mass is 9.86. The normalized spacial score (nSPS) is 36.5. The van der Waals surface area contributed by atoms with Crippen molar-refractivity contribution in [2.75, 3.05) is 19.1 Å². The van der Waals surface area contributed by atoms with Crippen molar-refractivity contribution in [3.05, 3.63) is 29.8 Å². The first-order chi connectivity index (χ1) is 12.1. The molecule has 0 radical (unpaired) electrons. The first-order valence-corrected chi connectivity index (χ1v) is 8.67. The summed E-state index contributed by atoms with van der Waals surface area (Å²) < 4.78 is 9.79. The molecule has 1 aromatic rings. The van der Waals surface area contributed by atoms with E-state index in [0.29, 0.717) is 23.9 Å². The molecule has 0 aromatic heterocycles. The van der Waals surface area contributed by atoms with Gasteiger partial charge in [0.1, 0.15) is 0 Å². The van der Waals surface area contributed by atoms with Crippen molar-refractivity contribution < 1.29 is 19.1 Å². The number of hydrogen-bond donors (Lipinski definition) is 0. The molecule has 0 unspecified atom stereocenters. The Labute approximate surface area is 146 Å². The molecule has 2 aliphatic heterocycles. The molecule has 2 amide bonds. The number of aryl methyl sites for hydroxylation is 1. The van der Waals surface area contributed by atoms with Gasteiger partial charge >= 0.3 is 12.2 Å². The van der Waals surface area contributed by atoms with Gasteiger partial charge in [-0.3, -0.25) is 0 Å². The van der Waals surface area contributed by atoms with Crippen LogP contribution in [0.2, 0.25) is 0 Å². The third-order valence-electron chi connectivity index (χ3n) is 6.37. The number of nitrogens with zero attached hydrogens (tertiary/aromatic N) is 3. The largest absolute Gasteiger partial charge is 0.452 e. The van der Waals surface area contributed by atoms with Crippen molar-refractivity contribution >= 4 is 17.9 Å². The number of hydrazine groups is 1. The zero-order valence-corrected chi connectivity index (χ0v) is 14.5. The fraction of sp³-hybridized carbons (Fsp3) is 0.556. The Morgan fingerprint density at radius 2 is 1.52 bits per heavy atom. The predicted octanol–water partition coefficient (Wildman–Crippen LogP) is 2.00. The number of amides is 2. The highest BCUT2D eigenvalue weighted by molar-refractivity contribution is 5.78. The van der Waals surface area contributed by atoms with Crippen LogP contribution < -0.4 is 4.90 Å². The quantitative estimate of drug-likeness (QED) is 0.730. The first-order valence-electron chi connectivity index (χ1n) is 8.67. The first kappa shape index (κ1) is 14.9. The summed E-state index contributed by atoms with van der Waals surface area (Å²) in [6.07, 6.45) is 0.0746. The lowest BCUT2D eigenvalue weighted by Crippen LogP contribution is -2.76. The minimum atomic E-state index is -0.487. The SMILES string of the molecule is COC(=O)N1[C@@H]2[C@@H]3C[C@@H]([C@@H]4[C@H]3N4c3cccc(C)c3)[C@@H]2N1C(=O)OC. The van der Waals surface area contributed by atoms with Gasteiger partial charge in [-0.25, -0.2) is 19.6 Å². The second-order valence-electron chi connectivity index (χ2n) is 7.40. The molecule has 6 atom stereocenters. The van der Waals surface area contributed by atoms with Gasteiger partial charge in [-0.1, -0.05) is 12.1 Å². The highest BCUT2D eigenvalue weighted by Gasteiger charge is 2.78. The molecule has 7 heteroatoms. The van der Waals surface area contributed by atoms with Crippen LogP contribution in [0.5, 0.6) is 0 Å². The van der Waals surface area contributed by atoms with Gasteiger partial charge in [0.05, 0.1) is 38.4 Å². The number of fused-ring (bicyclic) bond motifs is 8. The molecule has 0 N–H and O–H groups in total. The monoisotopic (exact) mass is 343 g/mol. The predicted molar refractivity (Wildman–Crippen MR) is 88.9 cm³/mol. The highest BCUT2D eigenvalue weighted by atomic mass is 16.6. The van der Waals surface area contributed by atoms with Gasteiger partial charge in [-0.05, 0) is 31.0 Å². The van der Waals surface area contributed by atoms with Crippen LogP contribution in [-0.2, 0) is 9.47 Å². The topological polar surface area (TPSA) is 62.1 Å². The lowest BCUT2D eigenvalue weighted by Gasteiger charge is -2.55. The molecule has 7 nitrogen and oxygen atoms in total. The van der Waals surface area contributed by atoms with E-state index < -0.39 is 12.2 Å². The number of carbonyl (C=O) groups is 2. The van der Waals surface area contributed by atoms with E-state index in [4.69, 9.17) is 9.47 Å². The summed E-state index contributed by atoms with van der Waals surface area (Å²) in [5, 5.41) is 2.92. The average Bonchev–Trinajstić information content (AvgIpc) is 3.15. The van der Waals surface area contributed by atoms with Crippen LogP contribution in [0, 0.1) is 18.8 Å². The molecule has 2 saturated carbocycles. The Kier molecular flexibility index (Phi) is 2.86. The number of rotatable bonds is 1. The lowest BCUT2D eigenvalue weighted by molar-refractivity contribution is -0.173. The maximum absolute atomic E-state index is 12.2. The van der Waals surface area contributed by atoms with E-state index in [1.807, 2.05) is 0 Å². The molecule has 25 heavy (non-hydrogen) atoms. The molecular weight excluding hydrogens is 322 g/mol. The third-order valence-corrected chi connectivity index (χ3v) is 6.37. The Morgan fingerprint density at radius 3 is 2.00 bits per heavy atom. The molecule has 4 aliphatic rings. The van der Waals surface area contributed by atoms with Crippen molar-refractivity contribution in [2.45, 2.75) is 37.5 Å². The van der Waals surface area contributed by atoms with Crippen molar-refractivity contribution in [2.24, 2.45) is 11.8 Å². The average molecular weight is 343 g/mol. The summed E-state index contributed by atoms with van der Waals surface area (Å²) in [7, 11) is 2.69. The molecule has 5 rings (SSSR count). The van der Waals surface area contributed by atoms with E-state index in [1.54, 1.807) is 0 Å². The number of benzene rings is 1. The molecule has 132 valence electrons. The number of hydrogen-bond acceptors (Lipinski definition) is 5. The van der Waals surface area contributed by atoms with E-state index in [2.05, 4.69) is 36.1 Å². The fourth-order valence-electron chi connectivity index (χ4n) is 5.58. The summed E-state index contributed by atoms with van der Waals surface area (Å²) in [5.41, 5.74) is 2.48. The summed E-state index contributed by atoms with van der Waals surface area (Å²) in [5.74, 6) is 0.751. The van der Waals surface area contributed by atoms with E-state index in [9.17, 15) is 9.59 Å². The van der Waals surface area contributed by atoms with Crippen molar-refractivity contribution in [3.8, 4) is 0 Å². The zero-order chi connectivity index (χ0) is 17.5. The van der Waals surface area contributed by atoms with Crippen LogP contribution in [0.4, 0.5) is 15.3 Å². The second kappa shape index (κ2) is 4.80. The molecule has 2 saturated heterocycles. The Morgan fingerprint density at radius 1 is 0.960 bits per heavy atom. The van der Waals surface area contributed by atoms with Gasteiger partial charge < -0.3 is 14.4 Å². The van der Waals surface area contributed by atoms with Gasteiger partial charge in [-0.2, -0.15) is 0 Å². The van der Waals surface area contributed by atoms with E-state index in [-0.39, 0.29) is 12.1 Å². The van der Waals surface area contributed by atoms with Crippen LogP contribution in [0.25, 0.3) is 0 Å². The van der Waals surface area contributed by atoms with Crippen molar-refractivity contribution in [3.63, 3.8) is 0 Å². The zero-order valence-electron chi connectivity index (χ0n) is 14.5.